The normalized spacial score (nSPS) is 27.8. The number of rotatable bonds is 2. The molecule has 2 fully saturated rings. The van der Waals surface area contributed by atoms with Crippen molar-refractivity contribution in [1.29, 1.82) is 0 Å². The van der Waals surface area contributed by atoms with E-state index in [-0.39, 0.29) is 23.4 Å². The summed E-state index contributed by atoms with van der Waals surface area (Å²) in [6.45, 7) is 0. The fourth-order valence-electron chi connectivity index (χ4n) is 3.52. The summed E-state index contributed by atoms with van der Waals surface area (Å²) in [5.74, 6) is 1.35. The van der Waals surface area contributed by atoms with Gasteiger partial charge in [-0.1, -0.05) is 0 Å². The lowest BCUT2D eigenvalue weighted by atomic mass is 9.67. The van der Waals surface area contributed by atoms with Crippen LogP contribution in [0.15, 0.2) is 56.8 Å². The Bertz CT molecular complexity index is 722. The van der Waals surface area contributed by atoms with Crippen molar-refractivity contribution in [2.45, 2.75) is 19.3 Å². The van der Waals surface area contributed by atoms with E-state index in [1.54, 1.807) is 36.8 Å². The van der Waals surface area contributed by atoms with Gasteiger partial charge in [-0.05, 0) is 66.8 Å². The maximum Gasteiger partial charge on any atom is 0.162 e. The molecule has 116 valence electrons. The summed E-state index contributed by atoms with van der Waals surface area (Å²) in [6, 6.07) is 7.20. The molecule has 4 rings (SSSR count). The van der Waals surface area contributed by atoms with E-state index >= 15 is 0 Å². The van der Waals surface area contributed by atoms with Crippen LogP contribution in [0.5, 0.6) is 0 Å². The lowest BCUT2D eigenvalue weighted by molar-refractivity contribution is -0.127. The predicted octanol–water partition coefficient (Wildman–Crippen LogP) is 3.91. The molecular weight excluding hydrogens is 292 g/mol. The molecule has 2 aromatic heterocycles. The summed E-state index contributed by atoms with van der Waals surface area (Å²) >= 11 is 0. The van der Waals surface area contributed by atoms with Crippen LogP contribution < -0.4 is 0 Å². The highest BCUT2D eigenvalue weighted by molar-refractivity contribution is 6.09. The second-order valence-electron chi connectivity index (χ2n) is 6.14. The molecule has 2 atom stereocenters. The van der Waals surface area contributed by atoms with Crippen molar-refractivity contribution in [2.24, 2.45) is 11.8 Å². The highest BCUT2D eigenvalue weighted by atomic mass is 16.3. The Morgan fingerprint density at radius 1 is 0.826 bits per heavy atom. The number of carbonyl (C=O) groups excluding carboxylic acids is 2. The van der Waals surface area contributed by atoms with Crippen LogP contribution in [0.25, 0.3) is 12.2 Å². The Kier molecular flexibility index (Phi) is 3.37. The lowest BCUT2D eigenvalue weighted by Gasteiger charge is -2.34. The van der Waals surface area contributed by atoms with Crippen molar-refractivity contribution in [1.82, 2.24) is 0 Å². The molecule has 4 heteroatoms. The molecule has 2 aromatic rings. The van der Waals surface area contributed by atoms with Crippen molar-refractivity contribution in [3.8, 4) is 0 Å². The third-order valence-corrected chi connectivity index (χ3v) is 4.60. The van der Waals surface area contributed by atoms with Crippen LogP contribution in [0.1, 0.15) is 30.8 Å². The van der Waals surface area contributed by atoms with Crippen LogP contribution >= 0.6 is 0 Å². The first-order chi connectivity index (χ1) is 11.2. The fraction of sp³-hybridized carbons (Fsp3) is 0.263. The van der Waals surface area contributed by atoms with Gasteiger partial charge in [-0.3, -0.25) is 9.59 Å². The second-order valence-corrected chi connectivity index (χ2v) is 6.14. The zero-order chi connectivity index (χ0) is 15.8. The van der Waals surface area contributed by atoms with Crippen LogP contribution in [0.2, 0.25) is 0 Å². The van der Waals surface area contributed by atoms with Gasteiger partial charge < -0.3 is 8.83 Å². The number of Topliss-reactive ketones (excluding diaryl/α,β-unsaturated/α-hetero) is 2. The fourth-order valence-corrected chi connectivity index (χ4v) is 3.52. The predicted molar refractivity (Wildman–Crippen MR) is 84.2 cm³/mol. The molecule has 2 aliphatic carbocycles. The molecule has 0 radical (unpaired) electrons. The zero-order valence-electron chi connectivity index (χ0n) is 12.5. The summed E-state index contributed by atoms with van der Waals surface area (Å²) < 4.78 is 10.6. The minimum absolute atomic E-state index is 0.117. The standard InChI is InChI=1S/C19H16O4/c20-18-13-7-12(8-14(18)10-16-3-1-5-22-16)19(21)15(9-13)11-17-4-2-6-23-17/h1-6,10-13H,7-9H2/b14-10-,15-11?/t12-,13-/m1/s1. The maximum atomic E-state index is 12.6. The summed E-state index contributed by atoms with van der Waals surface area (Å²) in [6.07, 6.45) is 8.34. The van der Waals surface area contributed by atoms with E-state index in [4.69, 9.17) is 8.83 Å². The zero-order valence-corrected chi connectivity index (χ0v) is 12.5. The molecule has 2 saturated carbocycles. The molecule has 0 saturated heterocycles. The Morgan fingerprint density at radius 2 is 1.30 bits per heavy atom. The van der Waals surface area contributed by atoms with Gasteiger partial charge in [-0.2, -0.15) is 0 Å². The monoisotopic (exact) mass is 308 g/mol. The molecule has 2 bridgehead atoms. The van der Waals surface area contributed by atoms with Crippen LogP contribution in [0.3, 0.4) is 0 Å². The average molecular weight is 308 g/mol. The van der Waals surface area contributed by atoms with E-state index in [1.165, 1.54) is 0 Å². The molecule has 0 N–H and O–H groups in total. The quantitative estimate of drug-likeness (QED) is 0.789. The van der Waals surface area contributed by atoms with Crippen molar-refractivity contribution in [2.75, 3.05) is 0 Å². The minimum atomic E-state index is -0.117. The number of furan rings is 2. The SMILES string of the molecule is O=C1C(=Cc2ccco2)C[C@H]2C[C@@H]1C/C(=C/c1ccco1)C2=O. The third kappa shape index (κ3) is 2.61. The number of allylic oxidation sites excluding steroid dienone is 2. The molecule has 0 aromatic carbocycles. The smallest absolute Gasteiger partial charge is 0.162 e. The maximum absolute atomic E-state index is 12.6. The largest absolute Gasteiger partial charge is 0.465 e. The summed E-state index contributed by atoms with van der Waals surface area (Å²) in [5, 5.41) is 0. The molecular formula is C19H16O4. The van der Waals surface area contributed by atoms with Crippen molar-refractivity contribution in [3.05, 3.63) is 59.5 Å². The van der Waals surface area contributed by atoms with Gasteiger partial charge in [0.25, 0.3) is 0 Å². The van der Waals surface area contributed by atoms with Gasteiger partial charge in [-0.25, -0.2) is 0 Å². The molecule has 0 spiro atoms. The molecule has 2 aliphatic rings. The first kappa shape index (κ1) is 14.0. The van der Waals surface area contributed by atoms with E-state index in [0.29, 0.717) is 41.9 Å². The van der Waals surface area contributed by atoms with Crippen LogP contribution in [0.4, 0.5) is 0 Å². The summed E-state index contributed by atoms with van der Waals surface area (Å²) in [4.78, 5) is 25.3. The van der Waals surface area contributed by atoms with E-state index < -0.39 is 0 Å². The Balaban J connectivity index is 1.63. The topological polar surface area (TPSA) is 60.4 Å². The van der Waals surface area contributed by atoms with E-state index in [2.05, 4.69) is 0 Å². The summed E-state index contributed by atoms with van der Waals surface area (Å²) in [5.41, 5.74) is 1.40. The Hall–Kier alpha value is -2.62. The highest BCUT2D eigenvalue weighted by Gasteiger charge is 2.41. The van der Waals surface area contributed by atoms with Gasteiger partial charge in [0.05, 0.1) is 12.5 Å². The highest BCUT2D eigenvalue weighted by Crippen LogP contribution is 2.41. The van der Waals surface area contributed by atoms with E-state index in [0.717, 1.165) is 0 Å². The van der Waals surface area contributed by atoms with Crippen molar-refractivity contribution >= 4 is 23.7 Å². The third-order valence-electron chi connectivity index (χ3n) is 4.60. The van der Waals surface area contributed by atoms with Crippen LogP contribution in [-0.4, -0.2) is 11.6 Å². The Labute approximate surface area is 133 Å². The van der Waals surface area contributed by atoms with Gasteiger partial charge in [-0.15, -0.1) is 0 Å². The van der Waals surface area contributed by atoms with Crippen LogP contribution in [-0.2, 0) is 9.59 Å². The number of fused-ring (bicyclic) bond motifs is 2. The number of hydrogen-bond donors (Lipinski definition) is 0. The first-order valence-electron chi connectivity index (χ1n) is 7.77. The van der Waals surface area contributed by atoms with Gasteiger partial charge in [0.15, 0.2) is 11.6 Å². The van der Waals surface area contributed by atoms with Gasteiger partial charge in [0.1, 0.15) is 11.5 Å². The van der Waals surface area contributed by atoms with E-state index in [9.17, 15) is 9.59 Å². The molecule has 0 aliphatic heterocycles. The van der Waals surface area contributed by atoms with E-state index in [1.807, 2.05) is 12.1 Å². The van der Waals surface area contributed by atoms with Crippen molar-refractivity contribution < 1.29 is 18.4 Å². The van der Waals surface area contributed by atoms with Gasteiger partial charge >= 0.3 is 0 Å². The van der Waals surface area contributed by atoms with Crippen molar-refractivity contribution in [3.63, 3.8) is 0 Å². The minimum Gasteiger partial charge on any atom is -0.465 e. The second kappa shape index (κ2) is 5.54. The van der Waals surface area contributed by atoms with Gasteiger partial charge in [0.2, 0.25) is 0 Å². The average Bonchev–Trinajstić information content (AvgIpc) is 3.22. The first-order valence-corrected chi connectivity index (χ1v) is 7.77. The molecule has 23 heavy (non-hydrogen) atoms. The molecule has 0 unspecified atom stereocenters. The number of carbonyl (C=O) groups is 2. The summed E-state index contributed by atoms with van der Waals surface area (Å²) in [7, 11) is 0. The molecule has 0 amide bonds. The molecule has 2 heterocycles. The number of ketones is 2. The Morgan fingerprint density at radius 3 is 1.70 bits per heavy atom. The van der Waals surface area contributed by atoms with Gasteiger partial charge in [0, 0.05) is 11.8 Å². The lowest BCUT2D eigenvalue weighted by Crippen LogP contribution is -2.37. The number of hydrogen-bond acceptors (Lipinski definition) is 4. The molecule has 4 nitrogen and oxygen atoms in total. The van der Waals surface area contributed by atoms with Crippen LogP contribution in [0, 0.1) is 11.8 Å².